The molecule has 0 aliphatic heterocycles. The van der Waals surface area contributed by atoms with Gasteiger partial charge in [0.15, 0.2) is 16.1 Å². The highest BCUT2D eigenvalue weighted by Crippen LogP contribution is 2.26. The lowest BCUT2D eigenvalue weighted by atomic mass is 10.0. The normalized spacial score (nSPS) is 11.8. The monoisotopic (exact) mass is 486 g/mol. The van der Waals surface area contributed by atoms with Gasteiger partial charge in [0, 0.05) is 23.7 Å². The zero-order valence-electron chi connectivity index (χ0n) is 18.6. The Bertz CT molecular complexity index is 1080. The second-order valence-corrected chi connectivity index (χ2v) is 9.17. The molecule has 0 bridgehead atoms. The SMILES string of the molecule is C=CCn1c(SCC(=O)Nc2nccs2)nnc1C(NC(=O)c1ccc(OC)cc1)C(C)C. The topological polar surface area (TPSA) is 111 Å². The van der Waals surface area contributed by atoms with E-state index in [1.165, 1.54) is 23.1 Å². The third-order valence-corrected chi connectivity index (χ3v) is 6.31. The van der Waals surface area contributed by atoms with Gasteiger partial charge >= 0.3 is 0 Å². The second kappa shape index (κ2) is 11.6. The standard InChI is InChI=1S/C22H26N6O3S2/c1-5-11-28-19(26-27-22(28)33-13-17(29)24-21-23-10-12-32-21)18(14(2)3)25-20(30)15-6-8-16(31-4)9-7-15/h5-10,12,14,18H,1,11,13H2,2-4H3,(H,25,30)(H,23,24,29). The summed E-state index contributed by atoms with van der Waals surface area (Å²) in [6.07, 6.45) is 3.36. The Morgan fingerprint density at radius 1 is 1.27 bits per heavy atom. The smallest absolute Gasteiger partial charge is 0.251 e. The van der Waals surface area contributed by atoms with Gasteiger partial charge in [-0.3, -0.25) is 9.59 Å². The molecule has 1 aromatic carbocycles. The number of amides is 2. The van der Waals surface area contributed by atoms with Gasteiger partial charge < -0.3 is 19.9 Å². The molecule has 3 aromatic rings. The van der Waals surface area contributed by atoms with Crippen LogP contribution < -0.4 is 15.4 Å². The van der Waals surface area contributed by atoms with Crippen LogP contribution in [-0.2, 0) is 11.3 Å². The molecule has 0 aliphatic rings. The van der Waals surface area contributed by atoms with Crippen molar-refractivity contribution in [3.05, 3.63) is 59.9 Å². The van der Waals surface area contributed by atoms with E-state index in [2.05, 4.69) is 32.4 Å². The lowest BCUT2D eigenvalue weighted by Crippen LogP contribution is -2.33. The van der Waals surface area contributed by atoms with Gasteiger partial charge in [-0.2, -0.15) is 0 Å². The van der Waals surface area contributed by atoms with Crippen molar-refractivity contribution < 1.29 is 14.3 Å². The lowest BCUT2D eigenvalue weighted by Gasteiger charge is -2.22. The highest BCUT2D eigenvalue weighted by molar-refractivity contribution is 7.99. The number of carbonyl (C=O) groups is 2. The number of benzene rings is 1. The van der Waals surface area contributed by atoms with Crippen LogP contribution in [0.4, 0.5) is 5.13 Å². The van der Waals surface area contributed by atoms with Crippen LogP contribution >= 0.6 is 23.1 Å². The van der Waals surface area contributed by atoms with Crippen molar-refractivity contribution >= 4 is 40.0 Å². The first kappa shape index (κ1) is 24.5. The predicted octanol–water partition coefficient (Wildman–Crippen LogP) is 3.79. The summed E-state index contributed by atoms with van der Waals surface area (Å²) in [5, 5.41) is 17.4. The molecule has 2 heterocycles. The summed E-state index contributed by atoms with van der Waals surface area (Å²) in [6, 6.07) is 6.52. The lowest BCUT2D eigenvalue weighted by molar-refractivity contribution is -0.113. The Morgan fingerprint density at radius 2 is 2.03 bits per heavy atom. The molecule has 174 valence electrons. The van der Waals surface area contributed by atoms with Crippen molar-refractivity contribution in [2.75, 3.05) is 18.2 Å². The molecule has 11 heteroatoms. The van der Waals surface area contributed by atoms with Crippen LogP contribution in [0.5, 0.6) is 5.75 Å². The minimum Gasteiger partial charge on any atom is -0.497 e. The van der Waals surface area contributed by atoms with Crippen molar-refractivity contribution in [1.29, 1.82) is 0 Å². The summed E-state index contributed by atoms with van der Waals surface area (Å²) >= 11 is 2.62. The molecule has 9 nitrogen and oxygen atoms in total. The number of aromatic nitrogens is 4. The second-order valence-electron chi connectivity index (χ2n) is 7.34. The third kappa shape index (κ3) is 6.42. The highest BCUT2D eigenvalue weighted by atomic mass is 32.2. The number of carbonyl (C=O) groups excluding carboxylic acids is 2. The van der Waals surface area contributed by atoms with E-state index in [1.54, 1.807) is 49.0 Å². The van der Waals surface area contributed by atoms with E-state index in [0.29, 0.717) is 34.0 Å². The fraction of sp³-hybridized carbons (Fsp3) is 0.318. The molecular weight excluding hydrogens is 460 g/mol. The van der Waals surface area contributed by atoms with E-state index in [-0.39, 0.29) is 29.5 Å². The summed E-state index contributed by atoms with van der Waals surface area (Å²) < 4.78 is 7.02. The number of ether oxygens (including phenoxy) is 1. The van der Waals surface area contributed by atoms with E-state index in [0.717, 1.165) is 0 Å². The zero-order valence-corrected chi connectivity index (χ0v) is 20.3. The summed E-state index contributed by atoms with van der Waals surface area (Å²) in [7, 11) is 1.58. The van der Waals surface area contributed by atoms with Crippen molar-refractivity contribution in [1.82, 2.24) is 25.1 Å². The molecule has 0 radical (unpaired) electrons. The highest BCUT2D eigenvalue weighted by Gasteiger charge is 2.26. The van der Waals surface area contributed by atoms with Crippen molar-refractivity contribution in [3.8, 4) is 5.75 Å². The molecule has 0 saturated carbocycles. The molecule has 0 aliphatic carbocycles. The Kier molecular flexibility index (Phi) is 8.61. The van der Waals surface area contributed by atoms with E-state index < -0.39 is 0 Å². The van der Waals surface area contributed by atoms with Crippen LogP contribution in [-0.4, -0.2) is 44.4 Å². The van der Waals surface area contributed by atoms with Crippen LogP contribution in [0.2, 0.25) is 0 Å². The van der Waals surface area contributed by atoms with Gasteiger partial charge in [-0.15, -0.1) is 28.1 Å². The number of rotatable bonds is 11. The molecular formula is C22H26N6O3S2. The number of anilines is 1. The van der Waals surface area contributed by atoms with Gasteiger partial charge in [-0.05, 0) is 30.2 Å². The number of nitrogens with zero attached hydrogens (tertiary/aromatic N) is 4. The summed E-state index contributed by atoms with van der Waals surface area (Å²) in [5.41, 5.74) is 0.518. The first-order valence-corrected chi connectivity index (χ1v) is 12.1. The van der Waals surface area contributed by atoms with Crippen LogP contribution in [0, 0.1) is 5.92 Å². The number of nitrogens with one attached hydrogen (secondary N) is 2. The minimum absolute atomic E-state index is 0.0472. The third-order valence-electron chi connectivity index (χ3n) is 4.65. The number of allylic oxidation sites excluding steroid dienone is 1. The molecule has 0 fully saturated rings. The van der Waals surface area contributed by atoms with Crippen LogP contribution in [0.1, 0.15) is 36.1 Å². The Hall–Kier alpha value is -3.18. The molecule has 3 rings (SSSR count). The fourth-order valence-corrected chi connectivity index (χ4v) is 4.30. The summed E-state index contributed by atoms with van der Waals surface area (Å²) in [5.74, 6) is 1.08. The van der Waals surface area contributed by atoms with E-state index >= 15 is 0 Å². The molecule has 0 spiro atoms. The van der Waals surface area contributed by atoms with Gasteiger partial charge in [0.1, 0.15) is 5.75 Å². The molecule has 2 amide bonds. The van der Waals surface area contributed by atoms with Gasteiger partial charge in [0.2, 0.25) is 5.91 Å². The summed E-state index contributed by atoms with van der Waals surface area (Å²) in [6.45, 7) is 8.27. The minimum atomic E-state index is -0.384. The summed E-state index contributed by atoms with van der Waals surface area (Å²) in [4.78, 5) is 29.2. The van der Waals surface area contributed by atoms with Gasteiger partial charge in [-0.1, -0.05) is 31.7 Å². The number of methoxy groups -OCH3 is 1. The average Bonchev–Trinajstić information content (AvgIpc) is 3.46. The van der Waals surface area contributed by atoms with E-state index in [1.807, 2.05) is 18.4 Å². The number of thioether (sulfide) groups is 1. The van der Waals surface area contributed by atoms with Crippen molar-refractivity contribution in [3.63, 3.8) is 0 Å². The zero-order chi connectivity index (χ0) is 23.8. The number of hydrogen-bond donors (Lipinski definition) is 2. The van der Waals surface area contributed by atoms with Gasteiger partial charge in [-0.25, -0.2) is 4.98 Å². The number of thiazole rings is 1. The quantitative estimate of drug-likeness (QED) is 0.313. The molecule has 0 saturated heterocycles. The number of hydrogen-bond acceptors (Lipinski definition) is 8. The molecule has 33 heavy (non-hydrogen) atoms. The fourth-order valence-electron chi connectivity index (χ4n) is 3.00. The molecule has 2 aromatic heterocycles. The van der Waals surface area contributed by atoms with Crippen LogP contribution in [0.15, 0.2) is 53.7 Å². The van der Waals surface area contributed by atoms with Gasteiger partial charge in [0.05, 0.1) is 18.9 Å². The molecule has 2 N–H and O–H groups in total. The Morgan fingerprint density at radius 3 is 2.64 bits per heavy atom. The predicted molar refractivity (Wildman–Crippen MR) is 130 cm³/mol. The van der Waals surface area contributed by atoms with E-state index in [9.17, 15) is 9.59 Å². The molecule has 1 unspecified atom stereocenters. The maximum atomic E-state index is 12.9. The maximum Gasteiger partial charge on any atom is 0.251 e. The van der Waals surface area contributed by atoms with E-state index in [4.69, 9.17) is 4.74 Å². The average molecular weight is 487 g/mol. The van der Waals surface area contributed by atoms with Crippen molar-refractivity contribution in [2.45, 2.75) is 31.6 Å². The Balaban J connectivity index is 1.75. The largest absolute Gasteiger partial charge is 0.497 e. The van der Waals surface area contributed by atoms with Gasteiger partial charge in [0.25, 0.3) is 5.91 Å². The van der Waals surface area contributed by atoms with Crippen LogP contribution in [0.25, 0.3) is 0 Å². The first-order valence-electron chi connectivity index (χ1n) is 10.2. The molecule has 1 atom stereocenters. The van der Waals surface area contributed by atoms with Crippen LogP contribution in [0.3, 0.4) is 0 Å². The maximum absolute atomic E-state index is 12.9. The Labute approximate surface area is 200 Å². The first-order chi connectivity index (χ1) is 15.9. The van der Waals surface area contributed by atoms with Crippen molar-refractivity contribution in [2.24, 2.45) is 5.92 Å².